The Morgan fingerprint density at radius 1 is 1.11 bits per heavy atom. The Labute approximate surface area is 177 Å². The first-order chi connectivity index (χ1) is 13.6. The highest BCUT2D eigenvalue weighted by molar-refractivity contribution is 7.13. The van der Waals surface area contributed by atoms with E-state index in [0.717, 1.165) is 79.7 Å². The molecule has 0 unspecified atom stereocenters. The van der Waals surface area contributed by atoms with E-state index in [2.05, 4.69) is 29.0 Å². The highest BCUT2D eigenvalue weighted by atomic mass is 35.5. The second kappa shape index (κ2) is 10.4. The maximum absolute atomic E-state index is 12.8. The first-order valence-electron chi connectivity index (χ1n) is 10.3. The molecule has 3 rings (SSSR count). The minimum atomic E-state index is 0.210. The molecule has 0 saturated carbocycles. The molecule has 0 N–H and O–H groups in total. The van der Waals surface area contributed by atoms with E-state index in [4.69, 9.17) is 16.6 Å². The Morgan fingerprint density at radius 3 is 2.36 bits per heavy atom. The van der Waals surface area contributed by atoms with Crippen LogP contribution in [0.1, 0.15) is 45.2 Å². The molecule has 4 nitrogen and oxygen atoms in total. The van der Waals surface area contributed by atoms with Crippen LogP contribution in [0.2, 0.25) is 5.02 Å². The van der Waals surface area contributed by atoms with E-state index in [0.29, 0.717) is 5.91 Å². The van der Waals surface area contributed by atoms with Crippen molar-refractivity contribution in [1.29, 1.82) is 0 Å². The predicted octanol–water partition coefficient (Wildman–Crippen LogP) is 5.32. The molecule has 0 aliphatic carbocycles. The standard InChI is InChI=1S/C22H30ClN3OS/c1-3-5-18(6-4-2)22(27)26-13-11-25(12-14-26)15-20-16-28-21(24-20)17-7-9-19(23)10-8-17/h7-10,16,18H,3-6,11-15H2,1-2H3. The predicted molar refractivity (Wildman–Crippen MR) is 118 cm³/mol. The van der Waals surface area contributed by atoms with Crippen molar-refractivity contribution in [2.75, 3.05) is 26.2 Å². The lowest BCUT2D eigenvalue weighted by molar-refractivity contribution is -0.137. The van der Waals surface area contributed by atoms with E-state index in [1.165, 1.54) is 0 Å². The number of benzene rings is 1. The average Bonchev–Trinajstić information content (AvgIpc) is 3.17. The Morgan fingerprint density at radius 2 is 1.75 bits per heavy atom. The summed E-state index contributed by atoms with van der Waals surface area (Å²) >= 11 is 7.64. The molecule has 152 valence electrons. The number of hydrogen-bond donors (Lipinski definition) is 0. The minimum Gasteiger partial charge on any atom is -0.340 e. The smallest absolute Gasteiger partial charge is 0.225 e. The summed E-state index contributed by atoms with van der Waals surface area (Å²) in [7, 11) is 0. The van der Waals surface area contributed by atoms with E-state index in [9.17, 15) is 4.79 Å². The van der Waals surface area contributed by atoms with Crippen LogP contribution in [0.15, 0.2) is 29.6 Å². The molecule has 0 spiro atoms. The zero-order valence-electron chi connectivity index (χ0n) is 16.9. The zero-order valence-corrected chi connectivity index (χ0v) is 18.4. The van der Waals surface area contributed by atoms with Gasteiger partial charge in [0.2, 0.25) is 5.91 Å². The average molecular weight is 420 g/mol. The van der Waals surface area contributed by atoms with Gasteiger partial charge in [-0.2, -0.15) is 0 Å². The van der Waals surface area contributed by atoms with Gasteiger partial charge in [-0.15, -0.1) is 11.3 Å². The summed E-state index contributed by atoms with van der Waals surface area (Å²) in [5.74, 6) is 0.573. The molecule has 6 heteroatoms. The number of thiazole rings is 1. The molecule has 0 radical (unpaired) electrons. The Balaban J connectivity index is 1.52. The lowest BCUT2D eigenvalue weighted by Crippen LogP contribution is -2.50. The number of aromatic nitrogens is 1. The van der Waals surface area contributed by atoms with E-state index < -0.39 is 0 Å². The number of nitrogens with zero attached hydrogens (tertiary/aromatic N) is 3. The Bertz CT molecular complexity index is 747. The number of amides is 1. The second-order valence-electron chi connectivity index (χ2n) is 7.53. The van der Waals surface area contributed by atoms with Gasteiger partial charge in [-0.3, -0.25) is 9.69 Å². The van der Waals surface area contributed by atoms with Gasteiger partial charge < -0.3 is 4.90 Å². The molecule has 0 atom stereocenters. The van der Waals surface area contributed by atoms with Crippen molar-refractivity contribution >= 4 is 28.8 Å². The highest BCUT2D eigenvalue weighted by Gasteiger charge is 2.26. The molecular weight excluding hydrogens is 390 g/mol. The number of rotatable bonds is 8. The van der Waals surface area contributed by atoms with Gasteiger partial charge in [0.05, 0.1) is 5.69 Å². The number of hydrogen-bond acceptors (Lipinski definition) is 4. The summed E-state index contributed by atoms with van der Waals surface area (Å²) in [6.07, 6.45) is 4.19. The lowest BCUT2D eigenvalue weighted by atomic mass is 9.96. The summed E-state index contributed by atoms with van der Waals surface area (Å²) < 4.78 is 0. The van der Waals surface area contributed by atoms with E-state index >= 15 is 0 Å². The molecular formula is C22H30ClN3OS. The molecule has 1 aliphatic rings. The van der Waals surface area contributed by atoms with Crippen LogP contribution in [0, 0.1) is 5.92 Å². The third-order valence-electron chi connectivity index (χ3n) is 5.34. The maximum atomic E-state index is 12.8. The van der Waals surface area contributed by atoms with Crippen molar-refractivity contribution in [3.05, 3.63) is 40.4 Å². The van der Waals surface area contributed by atoms with Crippen molar-refractivity contribution in [1.82, 2.24) is 14.8 Å². The third-order valence-corrected chi connectivity index (χ3v) is 6.53. The van der Waals surface area contributed by atoms with Gasteiger partial charge in [0, 0.05) is 54.6 Å². The minimum absolute atomic E-state index is 0.210. The van der Waals surface area contributed by atoms with Crippen molar-refractivity contribution in [3.63, 3.8) is 0 Å². The van der Waals surface area contributed by atoms with Gasteiger partial charge in [0.25, 0.3) is 0 Å². The zero-order chi connectivity index (χ0) is 19.9. The van der Waals surface area contributed by atoms with Gasteiger partial charge >= 0.3 is 0 Å². The molecule has 1 aromatic heterocycles. The fourth-order valence-corrected chi connectivity index (χ4v) is 4.75. The van der Waals surface area contributed by atoms with E-state index in [1.54, 1.807) is 11.3 Å². The molecule has 1 aromatic carbocycles. The van der Waals surface area contributed by atoms with Gasteiger partial charge in [0.15, 0.2) is 0 Å². The van der Waals surface area contributed by atoms with Crippen LogP contribution in [-0.2, 0) is 11.3 Å². The summed E-state index contributed by atoms with van der Waals surface area (Å²) in [4.78, 5) is 22.1. The number of halogens is 1. The quantitative estimate of drug-likeness (QED) is 0.580. The fourth-order valence-electron chi connectivity index (χ4n) is 3.81. The first-order valence-corrected chi connectivity index (χ1v) is 11.6. The lowest BCUT2D eigenvalue weighted by Gasteiger charge is -2.36. The van der Waals surface area contributed by atoms with Gasteiger partial charge in [-0.1, -0.05) is 50.4 Å². The van der Waals surface area contributed by atoms with Crippen LogP contribution in [0.5, 0.6) is 0 Å². The van der Waals surface area contributed by atoms with Crippen LogP contribution in [0.4, 0.5) is 0 Å². The molecule has 1 aliphatic heterocycles. The van der Waals surface area contributed by atoms with Crippen LogP contribution in [-0.4, -0.2) is 46.9 Å². The van der Waals surface area contributed by atoms with Crippen molar-refractivity contribution in [2.24, 2.45) is 5.92 Å². The van der Waals surface area contributed by atoms with Crippen LogP contribution < -0.4 is 0 Å². The summed E-state index contributed by atoms with van der Waals surface area (Å²) in [5, 5.41) is 3.91. The molecule has 0 bridgehead atoms. The van der Waals surface area contributed by atoms with Gasteiger partial charge in [-0.25, -0.2) is 4.98 Å². The van der Waals surface area contributed by atoms with Crippen molar-refractivity contribution in [3.8, 4) is 10.6 Å². The SMILES string of the molecule is CCCC(CCC)C(=O)N1CCN(Cc2csc(-c3ccc(Cl)cc3)n2)CC1. The number of piperazine rings is 1. The molecule has 28 heavy (non-hydrogen) atoms. The molecule has 2 aromatic rings. The summed E-state index contributed by atoms with van der Waals surface area (Å²) in [6, 6.07) is 7.83. The first kappa shape index (κ1) is 21.3. The van der Waals surface area contributed by atoms with E-state index in [1.807, 2.05) is 24.3 Å². The molecule has 2 heterocycles. The fraction of sp³-hybridized carbons (Fsp3) is 0.545. The molecule has 1 amide bonds. The Hall–Kier alpha value is -1.43. The van der Waals surface area contributed by atoms with Crippen molar-refractivity contribution in [2.45, 2.75) is 46.1 Å². The molecule has 1 fully saturated rings. The normalized spacial score (nSPS) is 15.4. The largest absolute Gasteiger partial charge is 0.340 e. The summed E-state index contributed by atoms with van der Waals surface area (Å²) in [6.45, 7) is 8.68. The topological polar surface area (TPSA) is 36.4 Å². The number of carbonyl (C=O) groups excluding carboxylic acids is 1. The molecule has 1 saturated heterocycles. The van der Waals surface area contributed by atoms with E-state index in [-0.39, 0.29) is 5.92 Å². The Kier molecular flexibility index (Phi) is 7.89. The van der Waals surface area contributed by atoms with Crippen molar-refractivity contribution < 1.29 is 4.79 Å². The monoisotopic (exact) mass is 419 g/mol. The van der Waals surface area contributed by atoms with Crippen LogP contribution in [0.3, 0.4) is 0 Å². The van der Waals surface area contributed by atoms with Gasteiger partial charge in [-0.05, 0) is 25.0 Å². The van der Waals surface area contributed by atoms with Gasteiger partial charge in [0.1, 0.15) is 5.01 Å². The maximum Gasteiger partial charge on any atom is 0.225 e. The summed E-state index contributed by atoms with van der Waals surface area (Å²) in [5.41, 5.74) is 2.21. The number of carbonyl (C=O) groups is 1. The third kappa shape index (κ3) is 5.56. The second-order valence-corrected chi connectivity index (χ2v) is 8.82. The van der Waals surface area contributed by atoms with Crippen LogP contribution in [0.25, 0.3) is 10.6 Å². The highest BCUT2D eigenvalue weighted by Crippen LogP contribution is 2.26. The van der Waals surface area contributed by atoms with Crippen LogP contribution >= 0.6 is 22.9 Å².